The summed E-state index contributed by atoms with van der Waals surface area (Å²) in [5.74, 6) is 0.306. The van der Waals surface area contributed by atoms with Gasteiger partial charge < -0.3 is 9.47 Å². The van der Waals surface area contributed by atoms with E-state index in [1.165, 1.54) is 0 Å². The van der Waals surface area contributed by atoms with Crippen LogP contribution in [0.1, 0.15) is 53.0 Å². The molecule has 2 aromatic carbocycles. The Bertz CT molecular complexity index is 1070. The first kappa shape index (κ1) is 24.9. The standard InChI is InChI=1S/C26H33ClN2O4/c1-8-13-28(23(30)32-25(2,3)4)20-14-21-22(19-12-10-9-11-18(19)20)17(15-27)16-29(21)24(31)33-26(5,6)7/h8-12,14,17H,1,13,15-16H2,2-7H3. The summed E-state index contributed by atoms with van der Waals surface area (Å²) in [6.45, 7) is 15.5. The van der Waals surface area contributed by atoms with Gasteiger partial charge in [0, 0.05) is 30.3 Å². The molecule has 7 heteroatoms. The predicted octanol–water partition coefficient (Wildman–Crippen LogP) is 6.84. The molecule has 0 radical (unpaired) electrons. The van der Waals surface area contributed by atoms with Gasteiger partial charge in [-0.1, -0.05) is 30.3 Å². The Morgan fingerprint density at radius 1 is 1.12 bits per heavy atom. The maximum atomic E-state index is 13.1. The third-order valence-electron chi connectivity index (χ3n) is 5.16. The molecule has 0 bridgehead atoms. The third kappa shape index (κ3) is 5.44. The molecule has 1 unspecified atom stereocenters. The highest BCUT2D eigenvalue weighted by molar-refractivity contribution is 6.19. The van der Waals surface area contributed by atoms with Crippen molar-refractivity contribution in [1.82, 2.24) is 0 Å². The number of alkyl halides is 1. The van der Waals surface area contributed by atoms with Crippen LogP contribution in [-0.4, -0.2) is 42.4 Å². The van der Waals surface area contributed by atoms with Crippen molar-refractivity contribution in [2.75, 3.05) is 28.8 Å². The Labute approximate surface area is 201 Å². The van der Waals surface area contributed by atoms with Gasteiger partial charge in [-0.15, -0.1) is 18.2 Å². The van der Waals surface area contributed by atoms with E-state index in [-0.39, 0.29) is 12.5 Å². The molecule has 0 saturated carbocycles. The number of nitrogens with zero attached hydrogens (tertiary/aromatic N) is 2. The summed E-state index contributed by atoms with van der Waals surface area (Å²) in [6.07, 6.45) is 0.729. The van der Waals surface area contributed by atoms with E-state index < -0.39 is 23.4 Å². The number of anilines is 2. The van der Waals surface area contributed by atoms with Gasteiger partial charge in [-0.2, -0.15) is 0 Å². The molecule has 2 aromatic rings. The van der Waals surface area contributed by atoms with Crippen LogP contribution in [0.3, 0.4) is 0 Å². The molecule has 0 N–H and O–H groups in total. The SMILES string of the molecule is C=CCN(C(=O)OC(C)(C)C)c1cc2c(c3ccccc13)C(CCl)CN2C(=O)OC(C)(C)C. The van der Waals surface area contributed by atoms with E-state index in [9.17, 15) is 9.59 Å². The molecule has 3 rings (SSSR count). The van der Waals surface area contributed by atoms with E-state index in [2.05, 4.69) is 6.58 Å². The summed E-state index contributed by atoms with van der Waals surface area (Å²) in [4.78, 5) is 29.4. The number of fused-ring (bicyclic) bond motifs is 3. The van der Waals surface area contributed by atoms with Gasteiger partial charge in [-0.3, -0.25) is 9.80 Å². The molecule has 1 heterocycles. The number of carbonyl (C=O) groups is 2. The Morgan fingerprint density at radius 2 is 1.73 bits per heavy atom. The van der Waals surface area contributed by atoms with Crippen molar-refractivity contribution in [1.29, 1.82) is 0 Å². The lowest BCUT2D eigenvalue weighted by molar-refractivity contribution is 0.0574. The highest BCUT2D eigenvalue weighted by Crippen LogP contribution is 2.46. The van der Waals surface area contributed by atoms with Crippen molar-refractivity contribution in [3.63, 3.8) is 0 Å². The van der Waals surface area contributed by atoms with E-state index >= 15 is 0 Å². The van der Waals surface area contributed by atoms with Crippen LogP contribution < -0.4 is 9.80 Å². The lowest BCUT2D eigenvalue weighted by Crippen LogP contribution is -2.38. The van der Waals surface area contributed by atoms with E-state index in [1.54, 1.807) is 15.9 Å². The molecule has 0 saturated heterocycles. The fourth-order valence-corrected chi connectivity index (χ4v) is 4.24. The Hall–Kier alpha value is -2.73. The second-order valence-corrected chi connectivity index (χ2v) is 10.5. The van der Waals surface area contributed by atoms with Crippen molar-refractivity contribution in [2.45, 2.75) is 58.7 Å². The minimum Gasteiger partial charge on any atom is -0.443 e. The second kappa shape index (κ2) is 9.26. The molecule has 6 nitrogen and oxygen atoms in total. The molecule has 1 atom stereocenters. The van der Waals surface area contributed by atoms with E-state index in [4.69, 9.17) is 21.1 Å². The van der Waals surface area contributed by atoms with Gasteiger partial charge in [0.25, 0.3) is 0 Å². The zero-order valence-electron chi connectivity index (χ0n) is 20.3. The molecule has 1 aliphatic rings. The minimum atomic E-state index is -0.657. The first-order valence-electron chi connectivity index (χ1n) is 11.1. The average molecular weight is 473 g/mol. The monoisotopic (exact) mass is 472 g/mol. The number of benzene rings is 2. The van der Waals surface area contributed by atoms with E-state index in [1.807, 2.05) is 71.9 Å². The van der Waals surface area contributed by atoms with Crippen LogP contribution in [0.25, 0.3) is 10.8 Å². The van der Waals surface area contributed by atoms with Crippen LogP contribution in [0.4, 0.5) is 21.0 Å². The molecule has 33 heavy (non-hydrogen) atoms. The summed E-state index contributed by atoms with van der Waals surface area (Å²) >= 11 is 6.34. The van der Waals surface area contributed by atoms with Crippen LogP contribution in [0, 0.1) is 0 Å². The van der Waals surface area contributed by atoms with Gasteiger partial charge >= 0.3 is 12.2 Å². The molecule has 178 valence electrons. The first-order chi connectivity index (χ1) is 15.4. The van der Waals surface area contributed by atoms with E-state index in [0.29, 0.717) is 23.8 Å². The second-order valence-electron chi connectivity index (χ2n) is 10.2. The quantitative estimate of drug-likeness (QED) is 0.361. The smallest absolute Gasteiger partial charge is 0.415 e. The third-order valence-corrected chi connectivity index (χ3v) is 5.53. The van der Waals surface area contributed by atoms with Gasteiger partial charge in [0.1, 0.15) is 11.2 Å². The molecule has 0 spiro atoms. The van der Waals surface area contributed by atoms with Crippen molar-refractivity contribution < 1.29 is 19.1 Å². The summed E-state index contributed by atoms with van der Waals surface area (Å²) in [5.41, 5.74) is 1.03. The largest absolute Gasteiger partial charge is 0.443 e. The number of hydrogen-bond acceptors (Lipinski definition) is 4. The normalized spacial score (nSPS) is 15.8. The molecule has 1 aliphatic heterocycles. The van der Waals surface area contributed by atoms with Crippen molar-refractivity contribution in [3.8, 4) is 0 Å². The number of amides is 2. The van der Waals surface area contributed by atoms with Crippen molar-refractivity contribution in [2.24, 2.45) is 0 Å². The Morgan fingerprint density at radius 3 is 2.27 bits per heavy atom. The van der Waals surface area contributed by atoms with Gasteiger partial charge in [-0.05, 0) is 58.6 Å². The predicted molar refractivity (Wildman–Crippen MR) is 135 cm³/mol. The highest BCUT2D eigenvalue weighted by atomic mass is 35.5. The molecule has 2 amide bonds. The molecule has 0 aliphatic carbocycles. The number of ether oxygens (including phenoxy) is 2. The van der Waals surface area contributed by atoms with Crippen LogP contribution >= 0.6 is 11.6 Å². The maximum Gasteiger partial charge on any atom is 0.415 e. The van der Waals surface area contributed by atoms with Crippen LogP contribution in [0.5, 0.6) is 0 Å². The fraction of sp³-hybridized carbons (Fsp3) is 0.462. The van der Waals surface area contributed by atoms with Gasteiger partial charge in [0.15, 0.2) is 0 Å². The number of halogens is 1. The van der Waals surface area contributed by atoms with E-state index in [0.717, 1.165) is 16.3 Å². The zero-order chi connectivity index (χ0) is 24.6. The summed E-state index contributed by atoms with van der Waals surface area (Å²) < 4.78 is 11.3. The zero-order valence-corrected chi connectivity index (χ0v) is 21.0. The van der Waals surface area contributed by atoms with Gasteiger partial charge in [0.05, 0.1) is 11.4 Å². The molecule has 0 aromatic heterocycles. The molecule has 0 fully saturated rings. The van der Waals surface area contributed by atoms with Crippen LogP contribution in [0.2, 0.25) is 0 Å². The molecular weight excluding hydrogens is 440 g/mol. The Kier molecular flexibility index (Phi) is 6.99. The topological polar surface area (TPSA) is 59.1 Å². The van der Waals surface area contributed by atoms with Gasteiger partial charge in [-0.25, -0.2) is 9.59 Å². The Balaban J connectivity index is 2.22. The lowest BCUT2D eigenvalue weighted by atomic mass is 9.94. The van der Waals surface area contributed by atoms with Crippen molar-refractivity contribution in [3.05, 3.63) is 48.6 Å². The van der Waals surface area contributed by atoms with Crippen LogP contribution in [-0.2, 0) is 9.47 Å². The maximum absolute atomic E-state index is 13.1. The highest BCUT2D eigenvalue weighted by Gasteiger charge is 2.37. The van der Waals surface area contributed by atoms with Crippen molar-refractivity contribution >= 4 is 45.9 Å². The summed E-state index contributed by atoms with van der Waals surface area (Å²) in [6, 6.07) is 9.69. The van der Waals surface area contributed by atoms with Crippen LogP contribution in [0.15, 0.2) is 43.0 Å². The number of rotatable bonds is 4. The first-order valence-corrected chi connectivity index (χ1v) is 11.6. The van der Waals surface area contributed by atoms with Gasteiger partial charge in [0.2, 0.25) is 0 Å². The lowest BCUT2D eigenvalue weighted by Gasteiger charge is -2.29. The molecular formula is C26H33ClN2O4. The summed E-state index contributed by atoms with van der Waals surface area (Å²) in [7, 11) is 0. The fourth-order valence-electron chi connectivity index (χ4n) is 3.98. The average Bonchev–Trinajstić information content (AvgIpc) is 3.08. The summed E-state index contributed by atoms with van der Waals surface area (Å²) in [5, 5.41) is 1.82. The minimum absolute atomic E-state index is 0.0532. The number of carbonyl (C=O) groups excluding carboxylic acids is 2. The number of hydrogen-bond donors (Lipinski definition) is 0.